The highest BCUT2D eigenvalue weighted by molar-refractivity contribution is 4.81. The normalized spacial score (nSPS) is 24.9. The third kappa shape index (κ3) is 4.40. The standard InChI is InChI=1S/C13H28N2O/c1-4-5-6-7-12(14)13-10-15(11(2)3)8-9-16-13/h11-13H,4-10,14H2,1-3H3. The average Bonchev–Trinajstić information content (AvgIpc) is 2.29. The number of hydrogen-bond acceptors (Lipinski definition) is 3. The molecule has 0 aromatic rings. The lowest BCUT2D eigenvalue weighted by Gasteiger charge is -2.37. The molecule has 0 aliphatic carbocycles. The summed E-state index contributed by atoms with van der Waals surface area (Å²) in [7, 11) is 0. The molecule has 16 heavy (non-hydrogen) atoms. The Morgan fingerprint density at radius 2 is 2.12 bits per heavy atom. The van der Waals surface area contributed by atoms with Gasteiger partial charge in [-0.2, -0.15) is 0 Å². The Kier molecular flexibility index (Phi) is 6.32. The fraction of sp³-hybridized carbons (Fsp3) is 1.00. The Balaban J connectivity index is 2.29. The van der Waals surface area contributed by atoms with Crippen molar-refractivity contribution in [1.82, 2.24) is 4.90 Å². The molecular formula is C13H28N2O. The summed E-state index contributed by atoms with van der Waals surface area (Å²) in [4.78, 5) is 2.47. The van der Waals surface area contributed by atoms with Crippen LogP contribution in [0.15, 0.2) is 0 Å². The van der Waals surface area contributed by atoms with Gasteiger partial charge in [-0.05, 0) is 20.3 Å². The number of rotatable bonds is 6. The van der Waals surface area contributed by atoms with Crippen molar-refractivity contribution in [2.75, 3.05) is 19.7 Å². The van der Waals surface area contributed by atoms with Gasteiger partial charge in [0.15, 0.2) is 0 Å². The number of morpholine rings is 1. The molecule has 3 heteroatoms. The molecule has 1 rings (SSSR count). The van der Waals surface area contributed by atoms with Crippen LogP contribution in [0.2, 0.25) is 0 Å². The van der Waals surface area contributed by atoms with Gasteiger partial charge in [0.2, 0.25) is 0 Å². The van der Waals surface area contributed by atoms with Gasteiger partial charge in [-0.15, -0.1) is 0 Å². The minimum Gasteiger partial charge on any atom is -0.374 e. The number of ether oxygens (including phenoxy) is 1. The van der Waals surface area contributed by atoms with E-state index in [0.29, 0.717) is 6.04 Å². The lowest BCUT2D eigenvalue weighted by Crippen LogP contribution is -2.52. The van der Waals surface area contributed by atoms with Gasteiger partial charge in [-0.3, -0.25) is 4.90 Å². The van der Waals surface area contributed by atoms with Crippen LogP contribution in [0.1, 0.15) is 46.5 Å². The Morgan fingerprint density at radius 1 is 1.38 bits per heavy atom. The van der Waals surface area contributed by atoms with E-state index in [-0.39, 0.29) is 12.1 Å². The molecule has 1 fully saturated rings. The van der Waals surface area contributed by atoms with Gasteiger partial charge in [0.05, 0.1) is 12.7 Å². The summed E-state index contributed by atoms with van der Waals surface area (Å²) < 4.78 is 5.78. The maximum atomic E-state index is 6.20. The van der Waals surface area contributed by atoms with Gasteiger partial charge >= 0.3 is 0 Å². The Labute approximate surface area is 100 Å². The fourth-order valence-electron chi connectivity index (χ4n) is 2.24. The molecule has 3 nitrogen and oxygen atoms in total. The predicted molar refractivity (Wildman–Crippen MR) is 68.6 cm³/mol. The molecule has 0 amide bonds. The quantitative estimate of drug-likeness (QED) is 0.707. The summed E-state index contributed by atoms with van der Waals surface area (Å²) in [6, 6.07) is 0.822. The molecule has 0 aromatic heterocycles. The Hall–Kier alpha value is -0.120. The predicted octanol–water partition coefficient (Wildman–Crippen LogP) is 2.00. The van der Waals surface area contributed by atoms with E-state index >= 15 is 0 Å². The Bertz CT molecular complexity index is 185. The van der Waals surface area contributed by atoms with Crippen LogP contribution < -0.4 is 5.73 Å². The highest BCUT2D eigenvalue weighted by Crippen LogP contribution is 2.14. The van der Waals surface area contributed by atoms with Gasteiger partial charge in [0, 0.05) is 25.2 Å². The van der Waals surface area contributed by atoms with Crippen molar-refractivity contribution in [3.05, 3.63) is 0 Å². The molecule has 1 heterocycles. The molecular weight excluding hydrogens is 200 g/mol. The lowest BCUT2D eigenvalue weighted by molar-refractivity contribution is -0.0509. The molecule has 0 bridgehead atoms. The number of hydrogen-bond donors (Lipinski definition) is 1. The zero-order chi connectivity index (χ0) is 12.0. The second-order valence-electron chi connectivity index (χ2n) is 5.16. The molecule has 96 valence electrons. The summed E-state index contributed by atoms with van der Waals surface area (Å²) in [5.41, 5.74) is 6.20. The van der Waals surface area contributed by atoms with E-state index in [1.54, 1.807) is 0 Å². The van der Waals surface area contributed by atoms with Crippen molar-refractivity contribution < 1.29 is 4.74 Å². The SMILES string of the molecule is CCCCCC(N)C1CN(C(C)C)CCO1. The van der Waals surface area contributed by atoms with Crippen LogP contribution in [0.25, 0.3) is 0 Å². The van der Waals surface area contributed by atoms with E-state index in [1.165, 1.54) is 19.3 Å². The first kappa shape index (κ1) is 13.9. The van der Waals surface area contributed by atoms with Gasteiger partial charge in [-0.25, -0.2) is 0 Å². The molecule has 1 aliphatic heterocycles. The van der Waals surface area contributed by atoms with Crippen molar-refractivity contribution in [2.24, 2.45) is 5.73 Å². The van der Waals surface area contributed by atoms with E-state index in [1.807, 2.05) is 0 Å². The minimum absolute atomic E-state index is 0.216. The van der Waals surface area contributed by atoms with Gasteiger partial charge < -0.3 is 10.5 Å². The molecule has 1 saturated heterocycles. The van der Waals surface area contributed by atoms with Crippen LogP contribution in [0, 0.1) is 0 Å². The van der Waals surface area contributed by atoms with Crippen LogP contribution in [0.3, 0.4) is 0 Å². The summed E-state index contributed by atoms with van der Waals surface area (Å²) in [6.45, 7) is 9.60. The summed E-state index contributed by atoms with van der Waals surface area (Å²) >= 11 is 0. The first-order valence-corrected chi connectivity index (χ1v) is 6.76. The van der Waals surface area contributed by atoms with E-state index in [9.17, 15) is 0 Å². The molecule has 1 aliphatic rings. The van der Waals surface area contributed by atoms with Crippen LogP contribution in [-0.2, 0) is 4.74 Å². The first-order chi connectivity index (χ1) is 7.65. The maximum absolute atomic E-state index is 6.20. The fourth-order valence-corrected chi connectivity index (χ4v) is 2.24. The zero-order valence-electron chi connectivity index (χ0n) is 11.1. The zero-order valence-corrected chi connectivity index (χ0v) is 11.1. The highest BCUT2D eigenvalue weighted by atomic mass is 16.5. The molecule has 0 radical (unpaired) electrons. The Morgan fingerprint density at radius 3 is 2.75 bits per heavy atom. The molecule has 2 unspecified atom stereocenters. The average molecular weight is 228 g/mol. The van der Waals surface area contributed by atoms with Crippen molar-refractivity contribution in [1.29, 1.82) is 0 Å². The maximum Gasteiger partial charge on any atom is 0.0853 e. The third-order valence-electron chi connectivity index (χ3n) is 3.47. The topological polar surface area (TPSA) is 38.5 Å². The van der Waals surface area contributed by atoms with Gasteiger partial charge in [-0.1, -0.05) is 26.2 Å². The number of unbranched alkanes of at least 4 members (excludes halogenated alkanes) is 2. The highest BCUT2D eigenvalue weighted by Gasteiger charge is 2.26. The van der Waals surface area contributed by atoms with E-state index in [4.69, 9.17) is 10.5 Å². The van der Waals surface area contributed by atoms with Crippen molar-refractivity contribution in [3.8, 4) is 0 Å². The van der Waals surface area contributed by atoms with E-state index in [2.05, 4.69) is 25.7 Å². The smallest absolute Gasteiger partial charge is 0.0853 e. The second-order valence-corrected chi connectivity index (χ2v) is 5.16. The monoisotopic (exact) mass is 228 g/mol. The number of nitrogens with two attached hydrogens (primary N) is 1. The van der Waals surface area contributed by atoms with Gasteiger partial charge in [0.25, 0.3) is 0 Å². The summed E-state index contributed by atoms with van der Waals surface area (Å²) in [6.07, 6.45) is 5.13. The van der Waals surface area contributed by atoms with Gasteiger partial charge in [0.1, 0.15) is 0 Å². The first-order valence-electron chi connectivity index (χ1n) is 6.76. The molecule has 2 atom stereocenters. The molecule has 0 saturated carbocycles. The van der Waals surface area contributed by atoms with Crippen molar-refractivity contribution >= 4 is 0 Å². The van der Waals surface area contributed by atoms with Crippen LogP contribution >= 0.6 is 0 Å². The van der Waals surface area contributed by atoms with Crippen LogP contribution in [-0.4, -0.2) is 42.8 Å². The molecule has 0 aromatic carbocycles. The minimum atomic E-state index is 0.216. The van der Waals surface area contributed by atoms with Crippen LogP contribution in [0.4, 0.5) is 0 Å². The van der Waals surface area contributed by atoms with E-state index in [0.717, 1.165) is 26.1 Å². The van der Waals surface area contributed by atoms with Crippen molar-refractivity contribution in [3.63, 3.8) is 0 Å². The largest absolute Gasteiger partial charge is 0.374 e. The van der Waals surface area contributed by atoms with Crippen LogP contribution in [0.5, 0.6) is 0 Å². The summed E-state index contributed by atoms with van der Waals surface area (Å²) in [5.74, 6) is 0. The number of nitrogens with zero attached hydrogens (tertiary/aromatic N) is 1. The lowest BCUT2D eigenvalue weighted by atomic mass is 10.0. The second kappa shape index (κ2) is 7.25. The molecule has 2 N–H and O–H groups in total. The summed E-state index contributed by atoms with van der Waals surface area (Å²) in [5, 5.41) is 0. The third-order valence-corrected chi connectivity index (χ3v) is 3.47. The van der Waals surface area contributed by atoms with E-state index < -0.39 is 0 Å². The molecule has 0 spiro atoms. The van der Waals surface area contributed by atoms with Crippen molar-refractivity contribution in [2.45, 2.75) is 64.6 Å².